The number of ether oxygens (including phenoxy) is 1. The molecule has 0 aliphatic carbocycles. The van der Waals surface area contributed by atoms with Crippen LogP contribution in [-0.4, -0.2) is 47.3 Å². The maximum absolute atomic E-state index is 12.5. The van der Waals surface area contributed by atoms with Crippen LogP contribution in [0.4, 0.5) is 0 Å². The van der Waals surface area contributed by atoms with Gasteiger partial charge in [-0.2, -0.15) is 0 Å². The van der Waals surface area contributed by atoms with Crippen molar-refractivity contribution in [2.45, 2.75) is 25.0 Å². The molecule has 1 heterocycles. The molecule has 4 N–H and O–H groups in total. The molecule has 2 aromatic rings. The zero-order chi connectivity index (χ0) is 19.2. The molecule has 0 bridgehead atoms. The van der Waals surface area contributed by atoms with Crippen LogP contribution >= 0.6 is 12.4 Å². The van der Waals surface area contributed by atoms with E-state index in [4.69, 9.17) is 4.74 Å². The Kier molecular flexibility index (Phi) is 7.66. The van der Waals surface area contributed by atoms with Gasteiger partial charge in [-0.1, -0.05) is 0 Å². The van der Waals surface area contributed by atoms with Crippen LogP contribution in [0, 0.1) is 0 Å². The third-order valence-electron chi connectivity index (χ3n) is 4.46. The number of hydrogen-bond acceptors (Lipinski definition) is 6. The number of aromatic hydroxyl groups is 2. The fourth-order valence-electron chi connectivity index (χ4n) is 2.97. The second-order valence-electron chi connectivity index (χ2n) is 6.46. The predicted octanol–water partition coefficient (Wildman–Crippen LogP) is 2.23. The van der Waals surface area contributed by atoms with E-state index in [2.05, 4.69) is 10.6 Å². The fraction of sp³-hybridized carbons (Fsp3) is 0.300. The molecule has 2 atom stereocenters. The highest BCUT2D eigenvalue weighted by atomic mass is 35.5. The summed E-state index contributed by atoms with van der Waals surface area (Å²) < 4.78 is 5.65. The normalized spacial score (nSPS) is 19.0. The smallest absolute Gasteiger partial charge is 0.338 e. The third kappa shape index (κ3) is 5.61. The van der Waals surface area contributed by atoms with Crippen LogP contribution in [0.2, 0.25) is 0 Å². The molecule has 1 aliphatic heterocycles. The maximum atomic E-state index is 12.5. The second kappa shape index (κ2) is 9.96. The molecule has 2 unspecified atom stereocenters. The number of phenols is 2. The Hall–Kier alpha value is -2.77. The van der Waals surface area contributed by atoms with Crippen molar-refractivity contribution in [1.29, 1.82) is 0 Å². The molecule has 2 aromatic carbocycles. The Bertz CT molecular complexity index is 728. The first-order valence-electron chi connectivity index (χ1n) is 8.83. The molecule has 28 heavy (non-hydrogen) atoms. The van der Waals surface area contributed by atoms with Crippen molar-refractivity contribution in [2.75, 3.05) is 13.1 Å². The second-order valence-corrected chi connectivity index (χ2v) is 6.46. The molecular weight excluding hydrogens is 384 g/mol. The number of esters is 1. The lowest BCUT2D eigenvalue weighted by atomic mass is 10.1. The Morgan fingerprint density at radius 3 is 2.14 bits per heavy atom. The van der Waals surface area contributed by atoms with Crippen molar-refractivity contribution in [3.63, 3.8) is 0 Å². The average Bonchev–Trinajstić information content (AvgIpc) is 2.88. The summed E-state index contributed by atoms with van der Waals surface area (Å²) in [7, 11) is 0. The molecule has 1 amide bonds. The standard InChI is InChI=1S/C20H22N2O5.ClH/c23-15-7-3-13(4-8-15)19(25)22-17-12-21-11-1-2-18(17)27-20(26)14-5-9-16(24)10-6-14;/h3-10,17-18,21,23-24H,1-2,11-12H2,(H,22,25);1H. The molecule has 7 nitrogen and oxygen atoms in total. The Balaban J connectivity index is 0.00000280. The summed E-state index contributed by atoms with van der Waals surface area (Å²) >= 11 is 0. The number of benzene rings is 2. The van der Waals surface area contributed by atoms with E-state index in [0.717, 1.165) is 13.0 Å². The fourth-order valence-corrected chi connectivity index (χ4v) is 2.97. The van der Waals surface area contributed by atoms with E-state index in [-0.39, 0.29) is 35.9 Å². The maximum Gasteiger partial charge on any atom is 0.338 e. The van der Waals surface area contributed by atoms with Gasteiger partial charge in [0.25, 0.3) is 5.91 Å². The summed E-state index contributed by atoms with van der Waals surface area (Å²) in [6.07, 6.45) is 0.971. The minimum Gasteiger partial charge on any atom is -0.508 e. The molecule has 0 saturated carbocycles. The first kappa shape index (κ1) is 21.5. The van der Waals surface area contributed by atoms with E-state index < -0.39 is 12.1 Å². The van der Waals surface area contributed by atoms with E-state index in [9.17, 15) is 19.8 Å². The number of nitrogens with one attached hydrogen (secondary N) is 2. The van der Waals surface area contributed by atoms with Crippen molar-refractivity contribution < 1.29 is 24.5 Å². The van der Waals surface area contributed by atoms with Crippen LogP contribution in [0.1, 0.15) is 33.6 Å². The SMILES string of the molecule is Cl.O=C(NC1CNCCCC1OC(=O)c1ccc(O)cc1)c1ccc(O)cc1. The zero-order valence-corrected chi connectivity index (χ0v) is 15.9. The largest absolute Gasteiger partial charge is 0.508 e. The monoisotopic (exact) mass is 406 g/mol. The van der Waals surface area contributed by atoms with Crippen molar-refractivity contribution in [3.05, 3.63) is 59.7 Å². The minimum absolute atomic E-state index is 0. The lowest BCUT2D eigenvalue weighted by molar-refractivity contribution is 0.0192. The van der Waals surface area contributed by atoms with Gasteiger partial charge in [0.1, 0.15) is 17.6 Å². The Labute approximate surface area is 169 Å². The van der Waals surface area contributed by atoms with Gasteiger partial charge in [-0.25, -0.2) is 4.79 Å². The number of halogens is 1. The molecule has 1 fully saturated rings. The summed E-state index contributed by atoms with van der Waals surface area (Å²) in [4.78, 5) is 24.9. The van der Waals surface area contributed by atoms with Gasteiger partial charge in [0.2, 0.25) is 0 Å². The van der Waals surface area contributed by atoms with Gasteiger partial charge in [-0.05, 0) is 67.9 Å². The molecular formula is C20H23ClN2O5. The average molecular weight is 407 g/mol. The van der Waals surface area contributed by atoms with Gasteiger partial charge >= 0.3 is 5.97 Å². The van der Waals surface area contributed by atoms with Crippen LogP contribution in [0.25, 0.3) is 0 Å². The van der Waals surface area contributed by atoms with Crippen molar-refractivity contribution in [1.82, 2.24) is 10.6 Å². The number of carbonyl (C=O) groups is 2. The van der Waals surface area contributed by atoms with E-state index in [1.54, 1.807) is 0 Å². The molecule has 3 rings (SSSR count). The number of rotatable bonds is 4. The van der Waals surface area contributed by atoms with Gasteiger partial charge in [-0.15, -0.1) is 12.4 Å². The van der Waals surface area contributed by atoms with Gasteiger partial charge < -0.3 is 25.6 Å². The van der Waals surface area contributed by atoms with Crippen molar-refractivity contribution >= 4 is 24.3 Å². The highest BCUT2D eigenvalue weighted by Crippen LogP contribution is 2.17. The van der Waals surface area contributed by atoms with Crippen LogP contribution in [0.5, 0.6) is 11.5 Å². The minimum atomic E-state index is -0.495. The van der Waals surface area contributed by atoms with E-state index in [1.165, 1.54) is 48.5 Å². The quantitative estimate of drug-likeness (QED) is 0.580. The number of phenolic OH excluding ortho intramolecular Hbond substituents is 2. The lowest BCUT2D eigenvalue weighted by Gasteiger charge is -2.26. The van der Waals surface area contributed by atoms with E-state index in [0.29, 0.717) is 24.1 Å². The number of carbonyl (C=O) groups excluding carboxylic acids is 2. The topological polar surface area (TPSA) is 108 Å². The van der Waals surface area contributed by atoms with Crippen LogP contribution < -0.4 is 10.6 Å². The first-order valence-corrected chi connectivity index (χ1v) is 8.83. The highest BCUT2D eigenvalue weighted by molar-refractivity contribution is 5.94. The highest BCUT2D eigenvalue weighted by Gasteiger charge is 2.29. The summed E-state index contributed by atoms with van der Waals surface area (Å²) in [5.41, 5.74) is 0.759. The molecule has 0 radical (unpaired) electrons. The zero-order valence-electron chi connectivity index (χ0n) is 15.1. The van der Waals surface area contributed by atoms with Gasteiger partial charge in [-0.3, -0.25) is 4.79 Å². The molecule has 1 saturated heterocycles. The Morgan fingerprint density at radius 2 is 1.54 bits per heavy atom. The number of hydrogen-bond donors (Lipinski definition) is 4. The van der Waals surface area contributed by atoms with Crippen LogP contribution in [0.3, 0.4) is 0 Å². The molecule has 0 aromatic heterocycles. The van der Waals surface area contributed by atoms with Crippen LogP contribution in [-0.2, 0) is 4.74 Å². The lowest BCUT2D eigenvalue weighted by Crippen LogP contribution is -2.49. The summed E-state index contributed by atoms with van der Waals surface area (Å²) in [6, 6.07) is 11.4. The Morgan fingerprint density at radius 1 is 0.964 bits per heavy atom. The molecule has 150 valence electrons. The molecule has 1 aliphatic rings. The van der Waals surface area contributed by atoms with Gasteiger partial charge in [0.05, 0.1) is 11.6 Å². The predicted molar refractivity (Wildman–Crippen MR) is 106 cm³/mol. The van der Waals surface area contributed by atoms with Crippen molar-refractivity contribution in [2.24, 2.45) is 0 Å². The first-order chi connectivity index (χ1) is 13.0. The van der Waals surface area contributed by atoms with Crippen LogP contribution in [0.15, 0.2) is 48.5 Å². The van der Waals surface area contributed by atoms with Gasteiger partial charge in [0.15, 0.2) is 0 Å². The summed E-state index contributed by atoms with van der Waals surface area (Å²) in [6.45, 7) is 1.26. The summed E-state index contributed by atoms with van der Waals surface area (Å²) in [5.74, 6) is -0.632. The van der Waals surface area contributed by atoms with Gasteiger partial charge in [0, 0.05) is 12.1 Å². The van der Waals surface area contributed by atoms with E-state index >= 15 is 0 Å². The summed E-state index contributed by atoms with van der Waals surface area (Å²) in [5, 5.41) is 24.8. The van der Waals surface area contributed by atoms with Crippen molar-refractivity contribution in [3.8, 4) is 11.5 Å². The third-order valence-corrected chi connectivity index (χ3v) is 4.46. The molecule has 8 heteroatoms. The molecule has 0 spiro atoms. The van der Waals surface area contributed by atoms with E-state index in [1.807, 2.05) is 0 Å². The number of amides is 1.